The molecule has 2 amide bonds. The largest absolute Gasteiger partial charge is 0.489 e. The van der Waals surface area contributed by atoms with E-state index in [4.69, 9.17) is 4.74 Å². The van der Waals surface area contributed by atoms with Gasteiger partial charge in [0.25, 0.3) is 0 Å². The molecular formula is C14H22FN3O2. The molecule has 6 heteroatoms. The molecule has 20 heavy (non-hydrogen) atoms. The normalized spacial score (nSPS) is 10.4. The van der Waals surface area contributed by atoms with E-state index in [1.165, 1.54) is 6.07 Å². The molecule has 0 fully saturated rings. The van der Waals surface area contributed by atoms with Crippen molar-refractivity contribution in [1.29, 1.82) is 0 Å². The minimum Gasteiger partial charge on any atom is -0.489 e. The molecule has 0 saturated heterocycles. The first-order valence-electron chi connectivity index (χ1n) is 6.63. The first-order chi connectivity index (χ1) is 9.59. The minimum atomic E-state index is -0.402. The van der Waals surface area contributed by atoms with Crippen LogP contribution in [-0.4, -0.2) is 51.3 Å². The highest BCUT2D eigenvalue weighted by Crippen LogP contribution is 2.14. The molecule has 1 rings (SSSR count). The minimum absolute atomic E-state index is 0.195. The van der Waals surface area contributed by atoms with Gasteiger partial charge in [-0.2, -0.15) is 0 Å². The maximum atomic E-state index is 13.2. The lowest BCUT2D eigenvalue weighted by Gasteiger charge is -2.11. The van der Waals surface area contributed by atoms with E-state index in [-0.39, 0.29) is 18.4 Å². The average Bonchev–Trinajstić information content (AvgIpc) is 2.41. The number of hydrogen-bond donors (Lipinski definition) is 2. The first-order valence-corrected chi connectivity index (χ1v) is 6.63. The first kappa shape index (κ1) is 16.2. The fourth-order valence-corrected chi connectivity index (χ4v) is 1.55. The summed E-state index contributed by atoms with van der Waals surface area (Å²) in [6.45, 7) is 2.11. The standard InChI is InChI=1S/C14H22FN3O2/c1-18(2)10-5-8-16-14(19)17-9-11-20-13-7-4-3-6-12(13)15/h3-4,6-7H,5,8-11H2,1-2H3,(H2,16,17,19). The number of amides is 2. The molecule has 1 aromatic rings. The van der Waals surface area contributed by atoms with E-state index in [2.05, 4.69) is 15.5 Å². The molecule has 0 spiro atoms. The molecule has 0 atom stereocenters. The zero-order chi connectivity index (χ0) is 14.8. The fourth-order valence-electron chi connectivity index (χ4n) is 1.55. The summed E-state index contributed by atoms with van der Waals surface area (Å²) in [7, 11) is 3.97. The highest BCUT2D eigenvalue weighted by atomic mass is 19.1. The Hall–Kier alpha value is -1.82. The summed E-state index contributed by atoms with van der Waals surface area (Å²) in [5, 5.41) is 5.39. The van der Waals surface area contributed by atoms with Crippen molar-refractivity contribution in [3.63, 3.8) is 0 Å². The summed E-state index contributed by atoms with van der Waals surface area (Å²) >= 11 is 0. The third-order valence-electron chi connectivity index (χ3n) is 2.55. The van der Waals surface area contributed by atoms with Gasteiger partial charge in [0, 0.05) is 6.54 Å². The lowest BCUT2D eigenvalue weighted by atomic mass is 10.3. The molecule has 1 aromatic carbocycles. The van der Waals surface area contributed by atoms with Gasteiger partial charge in [0.2, 0.25) is 0 Å². The predicted octanol–water partition coefficient (Wildman–Crippen LogP) is 1.46. The van der Waals surface area contributed by atoms with Crippen LogP contribution in [0, 0.1) is 5.82 Å². The van der Waals surface area contributed by atoms with E-state index in [1.54, 1.807) is 18.2 Å². The Bertz CT molecular complexity index is 413. The summed E-state index contributed by atoms with van der Waals surface area (Å²) in [6.07, 6.45) is 0.895. The van der Waals surface area contributed by atoms with Crippen molar-refractivity contribution in [2.24, 2.45) is 0 Å². The zero-order valence-corrected chi connectivity index (χ0v) is 12.0. The van der Waals surface area contributed by atoms with Gasteiger partial charge in [-0.25, -0.2) is 9.18 Å². The van der Waals surface area contributed by atoms with E-state index < -0.39 is 5.82 Å². The van der Waals surface area contributed by atoms with Crippen LogP contribution < -0.4 is 15.4 Å². The number of urea groups is 1. The Balaban J connectivity index is 2.06. The van der Waals surface area contributed by atoms with Gasteiger partial charge in [-0.15, -0.1) is 0 Å². The number of carbonyl (C=O) groups excluding carboxylic acids is 1. The van der Waals surface area contributed by atoms with Crippen LogP contribution in [0.3, 0.4) is 0 Å². The Morgan fingerprint density at radius 1 is 1.25 bits per heavy atom. The Kier molecular flexibility index (Phi) is 7.42. The molecule has 0 saturated carbocycles. The number of rotatable bonds is 8. The molecule has 0 aromatic heterocycles. The summed E-state index contributed by atoms with van der Waals surface area (Å²) in [5.74, 6) is -0.207. The number of carbonyl (C=O) groups is 1. The van der Waals surface area contributed by atoms with E-state index >= 15 is 0 Å². The van der Waals surface area contributed by atoms with Gasteiger partial charge in [-0.3, -0.25) is 0 Å². The van der Waals surface area contributed by atoms with Crippen LogP contribution >= 0.6 is 0 Å². The second kappa shape index (κ2) is 9.14. The van der Waals surface area contributed by atoms with Crippen LogP contribution in [0.1, 0.15) is 6.42 Å². The number of halogens is 1. The molecule has 112 valence electrons. The molecule has 5 nitrogen and oxygen atoms in total. The third-order valence-corrected chi connectivity index (χ3v) is 2.55. The molecule has 0 aliphatic heterocycles. The number of nitrogens with zero attached hydrogens (tertiary/aromatic N) is 1. The maximum absolute atomic E-state index is 13.2. The number of hydrogen-bond acceptors (Lipinski definition) is 3. The predicted molar refractivity (Wildman–Crippen MR) is 76.5 cm³/mol. The number of benzene rings is 1. The number of ether oxygens (including phenoxy) is 1. The van der Waals surface area contributed by atoms with Crippen LogP contribution in [0.5, 0.6) is 5.75 Å². The molecule has 0 aliphatic rings. The highest BCUT2D eigenvalue weighted by molar-refractivity contribution is 5.73. The van der Waals surface area contributed by atoms with E-state index in [1.807, 2.05) is 14.1 Å². The van der Waals surface area contributed by atoms with Gasteiger partial charge in [-0.1, -0.05) is 12.1 Å². The summed E-state index contributed by atoms with van der Waals surface area (Å²) in [4.78, 5) is 13.5. The summed E-state index contributed by atoms with van der Waals surface area (Å²) < 4.78 is 18.4. The summed E-state index contributed by atoms with van der Waals surface area (Å²) in [5.41, 5.74) is 0. The van der Waals surface area contributed by atoms with Crippen molar-refractivity contribution in [2.45, 2.75) is 6.42 Å². The fraction of sp³-hybridized carbons (Fsp3) is 0.500. The molecule has 0 radical (unpaired) electrons. The lowest BCUT2D eigenvalue weighted by molar-refractivity contribution is 0.235. The Morgan fingerprint density at radius 3 is 2.65 bits per heavy atom. The van der Waals surface area contributed by atoms with Gasteiger partial charge >= 0.3 is 6.03 Å². The lowest BCUT2D eigenvalue weighted by Crippen LogP contribution is -2.38. The van der Waals surface area contributed by atoms with Gasteiger partial charge in [0.1, 0.15) is 6.61 Å². The Labute approximate surface area is 119 Å². The molecule has 0 aliphatic carbocycles. The smallest absolute Gasteiger partial charge is 0.314 e. The third kappa shape index (κ3) is 6.94. The topological polar surface area (TPSA) is 53.6 Å². The molecule has 2 N–H and O–H groups in total. The quantitative estimate of drug-likeness (QED) is 0.710. The van der Waals surface area contributed by atoms with Crippen LogP contribution in [0.2, 0.25) is 0 Å². The molecule has 0 unspecified atom stereocenters. The van der Waals surface area contributed by atoms with Crippen molar-refractivity contribution in [1.82, 2.24) is 15.5 Å². The van der Waals surface area contributed by atoms with Crippen LogP contribution in [0.4, 0.5) is 9.18 Å². The second-order valence-corrected chi connectivity index (χ2v) is 4.62. The van der Waals surface area contributed by atoms with E-state index in [9.17, 15) is 9.18 Å². The highest BCUT2D eigenvalue weighted by Gasteiger charge is 2.02. The van der Waals surface area contributed by atoms with Crippen LogP contribution in [0.15, 0.2) is 24.3 Å². The van der Waals surface area contributed by atoms with Crippen molar-refractivity contribution in [2.75, 3.05) is 40.3 Å². The number of nitrogens with one attached hydrogen (secondary N) is 2. The van der Waals surface area contributed by atoms with Crippen molar-refractivity contribution in [3.05, 3.63) is 30.1 Å². The molecule has 0 bridgehead atoms. The van der Waals surface area contributed by atoms with Crippen molar-refractivity contribution in [3.8, 4) is 5.75 Å². The Morgan fingerprint density at radius 2 is 1.95 bits per heavy atom. The molecule has 0 heterocycles. The van der Waals surface area contributed by atoms with Crippen LogP contribution in [0.25, 0.3) is 0 Å². The second-order valence-electron chi connectivity index (χ2n) is 4.62. The van der Waals surface area contributed by atoms with Crippen molar-refractivity contribution >= 4 is 6.03 Å². The van der Waals surface area contributed by atoms with E-state index in [0.29, 0.717) is 13.1 Å². The SMILES string of the molecule is CN(C)CCCNC(=O)NCCOc1ccccc1F. The van der Waals surface area contributed by atoms with Gasteiger partial charge in [-0.05, 0) is 39.2 Å². The van der Waals surface area contributed by atoms with E-state index in [0.717, 1.165) is 13.0 Å². The van der Waals surface area contributed by atoms with Gasteiger partial charge in [0.15, 0.2) is 11.6 Å². The van der Waals surface area contributed by atoms with Crippen molar-refractivity contribution < 1.29 is 13.9 Å². The average molecular weight is 283 g/mol. The summed E-state index contributed by atoms with van der Waals surface area (Å²) in [6, 6.07) is 5.95. The zero-order valence-electron chi connectivity index (χ0n) is 12.0. The number of para-hydroxylation sites is 1. The van der Waals surface area contributed by atoms with Gasteiger partial charge < -0.3 is 20.3 Å². The van der Waals surface area contributed by atoms with Gasteiger partial charge in [0.05, 0.1) is 6.54 Å². The molecular weight excluding hydrogens is 261 g/mol. The van der Waals surface area contributed by atoms with Crippen LogP contribution in [-0.2, 0) is 0 Å². The maximum Gasteiger partial charge on any atom is 0.314 e. The monoisotopic (exact) mass is 283 g/mol.